The summed E-state index contributed by atoms with van der Waals surface area (Å²) in [4.78, 5) is 11.5. The zero-order chi connectivity index (χ0) is 13.7. The van der Waals surface area contributed by atoms with Crippen molar-refractivity contribution in [1.82, 2.24) is 0 Å². The molecule has 0 heterocycles. The zero-order valence-corrected chi connectivity index (χ0v) is 12.6. The number of carbonyl (C=O) groups is 1. The lowest BCUT2D eigenvalue weighted by atomic mass is 9.82. The van der Waals surface area contributed by atoms with Gasteiger partial charge in [0.25, 0.3) is 0 Å². The Morgan fingerprint density at radius 2 is 1.74 bits per heavy atom. The first-order valence-electron chi connectivity index (χ1n) is 8.06. The average molecular weight is 260 g/mol. The first-order chi connectivity index (χ1) is 9.13. The van der Waals surface area contributed by atoms with Gasteiger partial charge in [-0.25, -0.2) is 0 Å². The van der Waals surface area contributed by atoms with Gasteiger partial charge in [-0.3, -0.25) is 4.79 Å². The monoisotopic (exact) mass is 260 g/mol. The second-order valence-corrected chi connectivity index (χ2v) is 6.75. The molecule has 2 aliphatic carbocycles. The Kier molecular flexibility index (Phi) is 5.01. The topological polar surface area (TPSA) is 17.1 Å². The number of unbranched alkanes of at least 4 members (excludes halogenated alkanes) is 5. The van der Waals surface area contributed by atoms with Crippen molar-refractivity contribution in [3.8, 4) is 0 Å². The molecule has 1 saturated carbocycles. The number of rotatable bonds is 7. The third-order valence-electron chi connectivity index (χ3n) is 4.67. The van der Waals surface area contributed by atoms with Crippen LogP contribution in [0.3, 0.4) is 0 Å². The smallest absolute Gasteiger partial charge is 0.159 e. The van der Waals surface area contributed by atoms with Crippen molar-refractivity contribution in [3.63, 3.8) is 0 Å². The van der Waals surface area contributed by atoms with Crippen molar-refractivity contribution < 1.29 is 4.79 Å². The summed E-state index contributed by atoms with van der Waals surface area (Å²) in [6.07, 6.45) is 16.6. The summed E-state index contributed by atoms with van der Waals surface area (Å²) < 4.78 is 0. The van der Waals surface area contributed by atoms with Crippen molar-refractivity contribution in [2.75, 3.05) is 0 Å². The van der Waals surface area contributed by atoms with E-state index in [1.165, 1.54) is 62.5 Å². The molecule has 0 saturated heterocycles. The number of hydrogen-bond donors (Lipinski definition) is 0. The van der Waals surface area contributed by atoms with Crippen molar-refractivity contribution >= 4 is 5.78 Å². The summed E-state index contributed by atoms with van der Waals surface area (Å²) in [6.45, 7) is 4.67. The predicted molar refractivity (Wildman–Crippen MR) is 81.1 cm³/mol. The third-order valence-corrected chi connectivity index (χ3v) is 4.67. The minimum absolute atomic E-state index is 0.294. The molecular formula is C18H28O. The molecule has 1 unspecified atom stereocenters. The fourth-order valence-corrected chi connectivity index (χ4v) is 3.54. The Morgan fingerprint density at radius 1 is 1.05 bits per heavy atom. The van der Waals surface area contributed by atoms with Crippen LogP contribution in [0.1, 0.15) is 78.1 Å². The SMILES string of the molecule is CCCCCCCCC1(C)CC2=CCC(=O)C=C2C1. The Hall–Kier alpha value is -0.850. The van der Waals surface area contributed by atoms with Gasteiger partial charge in [-0.05, 0) is 41.9 Å². The second-order valence-electron chi connectivity index (χ2n) is 6.75. The minimum atomic E-state index is 0.294. The highest BCUT2D eigenvalue weighted by Crippen LogP contribution is 2.49. The van der Waals surface area contributed by atoms with Crippen LogP contribution in [0.4, 0.5) is 0 Å². The fourth-order valence-electron chi connectivity index (χ4n) is 3.54. The molecule has 106 valence electrons. The van der Waals surface area contributed by atoms with Crippen molar-refractivity contribution in [2.24, 2.45) is 5.41 Å². The van der Waals surface area contributed by atoms with Crippen LogP contribution in [-0.4, -0.2) is 5.78 Å². The number of hydrogen-bond acceptors (Lipinski definition) is 1. The number of allylic oxidation sites excluding steroid dienone is 4. The lowest BCUT2D eigenvalue weighted by Crippen LogP contribution is -2.10. The van der Waals surface area contributed by atoms with E-state index < -0.39 is 0 Å². The highest BCUT2D eigenvalue weighted by atomic mass is 16.1. The zero-order valence-electron chi connectivity index (χ0n) is 12.6. The highest BCUT2D eigenvalue weighted by Gasteiger charge is 2.35. The first kappa shape index (κ1) is 14.6. The Morgan fingerprint density at radius 3 is 2.53 bits per heavy atom. The largest absolute Gasteiger partial charge is 0.295 e. The van der Waals surface area contributed by atoms with E-state index in [0.717, 1.165) is 6.42 Å². The van der Waals surface area contributed by atoms with Crippen molar-refractivity contribution in [1.29, 1.82) is 0 Å². The molecule has 2 aliphatic rings. The highest BCUT2D eigenvalue weighted by molar-refractivity contribution is 5.94. The number of carbonyl (C=O) groups excluding carboxylic acids is 1. The summed E-state index contributed by atoms with van der Waals surface area (Å²) in [5, 5.41) is 0. The van der Waals surface area contributed by atoms with Crippen molar-refractivity contribution in [3.05, 3.63) is 23.3 Å². The second kappa shape index (κ2) is 6.54. The van der Waals surface area contributed by atoms with Crippen LogP contribution in [0.15, 0.2) is 23.3 Å². The van der Waals surface area contributed by atoms with Crippen LogP contribution in [0, 0.1) is 5.41 Å². The maximum Gasteiger partial charge on any atom is 0.159 e. The van der Waals surface area contributed by atoms with E-state index in [9.17, 15) is 4.79 Å². The standard InChI is InChI=1S/C18H28O/c1-3-4-5-6-7-8-11-18(2)13-15-9-10-17(19)12-16(15)14-18/h9,12H,3-8,10-11,13-14H2,1-2H3. The van der Waals surface area contributed by atoms with Gasteiger partial charge in [0.05, 0.1) is 0 Å². The summed E-state index contributed by atoms with van der Waals surface area (Å²) in [6, 6.07) is 0. The predicted octanol–water partition coefficient (Wildman–Crippen LogP) is 5.36. The summed E-state index contributed by atoms with van der Waals surface area (Å²) in [5.41, 5.74) is 3.23. The molecular weight excluding hydrogens is 232 g/mol. The van der Waals surface area contributed by atoms with E-state index in [2.05, 4.69) is 19.9 Å². The molecule has 1 nitrogen and oxygen atoms in total. The van der Waals surface area contributed by atoms with Crippen LogP contribution in [-0.2, 0) is 4.79 Å². The van der Waals surface area contributed by atoms with Crippen LogP contribution >= 0.6 is 0 Å². The molecule has 0 N–H and O–H groups in total. The quantitative estimate of drug-likeness (QED) is 0.563. The van der Waals surface area contributed by atoms with Gasteiger partial charge >= 0.3 is 0 Å². The van der Waals surface area contributed by atoms with Crippen LogP contribution < -0.4 is 0 Å². The van der Waals surface area contributed by atoms with Gasteiger partial charge in [0.15, 0.2) is 5.78 Å². The Bertz CT molecular complexity index is 388. The van der Waals surface area contributed by atoms with E-state index in [4.69, 9.17) is 0 Å². The average Bonchev–Trinajstić information content (AvgIpc) is 2.69. The maximum absolute atomic E-state index is 11.5. The normalized spacial score (nSPS) is 26.1. The summed E-state index contributed by atoms with van der Waals surface area (Å²) >= 11 is 0. The van der Waals surface area contributed by atoms with E-state index >= 15 is 0 Å². The van der Waals surface area contributed by atoms with Gasteiger partial charge in [-0.15, -0.1) is 0 Å². The molecule has 1 fully saturated rings. The third kappa shape index (κ3) is 4.06. The molecule has 0 bridgehead atoms. The molecule has 0 spiro atoms. The lowest BCUT2D eigenvalue weighted by Gasteiger charge is -2.22. The molecule has 0 aromatic heterocycles. The lowest BCUT2D eigenvalue weighted by molar-refractivity contribution is -0.114. The van der Waals surface area contributed by atoms with Crippen LogP contribution in [0.5, 0.6) is 0 Å². The number of fused-ring (bicyclic) bond motifs is 1. The fraction of sp³-hybridized carbons (Fsp3) is 0.722. The summed E-state index contributed by atoms with van der Waals surface area (Å²) in [5.74, 6) is 0.294. The van der Waals surface area contributed by atoms with E-state index in [1.54, 1.807) is 0 Å². The minimum Gasteiger partial charge on any atom is -0.295 e. The number of ketones is 1. The van der Waals surface area contributed by atoms with Gasteiger partial charge in [-0.2, -0.15) is 0 Å². The first-order valence-corrected chi connectivity index (χ1v) is 8.06. The molecule has 0 amide bonds. The molecule has 0 radical (unpaired) electrons. The molecule has 1 heteroatoms. The molecule has 0 aromatic rings. The summed E-state index contributed by atoms with van der Waals surface area (Å²) in [7, 11) is 0. The van der Waals surface area contributed by atoms with Crippen LogP contribution in [0.25, 0.3) is 0 Å². The van der Waals surface area contributed by atoms with Gasteiger partial charge in [0.1, 0.15) is 0 Å². The van der Waals surface area contributed by atoms with E-state index in [0.29, 0.717) is 17.6 Å². The van der Waals surface area contributed by atoms with Gasteiger partial charge in [-0.1, -0.05) is 58.4 Å². The molecule has 2 rings (SSSR count). The van der Waals surface area contributed by atoms with E-state index in [-0.39, 0.29) is 0 Å². The molecule has 19 heavy (non-hydrogen) atoms. The van der Waals surface area contributed by atoms with Gasteiger partial charge in [0, 0.05) is 6.42 Å². The van der Waals surface area contributed by atoms with Gasteiger partial charge < -0.3 is 0 Å². The molecule has 1 atom stereocenters. The maximum atomic E-state index is 11.5. The van der Waals surface area contributed by atoms with Crippen molar-refractivity contribution in [2.45, 2.75) is 78.1 Å². The Labute approximate surface area is 118 Å². The van der Waals surface area contributed by atoms with Crippen LogP contribution in [0.2, 0.25) is 0 Å². The van der Waals surface area contributed by atoms with E-state index in [1.807, 2.05) is 6.08 Å². The Balaban J connectivity index is 1.75. The molecule has 0 aromatic carbocycles. The molecule has 0 aliphatic heterocycles. The van der Waals surface area contributed by atoms with Gasteiger partial charge in [0.2, 0.25) is 0 Å².